The predicted octanol–water partition coefficient (Wildman–Crippen LogP) is 0.630. The lowest BCUT2D eigenvalue weighted by molar-refractivity contribution is -0.378. The van der Waals surface area contributed by atoms with Gasteiger partial charge in [-0.3, -0.25) is 4.79 Å². The summed E-state index contributed by atoms with van der Waals surface area (Å²) in [6, 6.07) is 0. The summed E-state index contributed by atoms with van der Waals surface area (Å²) in [7, 11) is 0. The second-order valence-corrected chi connectivity index (χ2v) is 23.1. The summed E-state index contributed by atoms with van der Waals surface area (Å²) in [4.78, 5) is 14.1. The summed E-state index contributed by atoms with van der Waals surface area (Å²) in [5, 5.41) is 98.4. The van der Waals surface area contributed by atoms with Crippen molar-refractivity contribution in [3.63, 3.8) is 0 Å². The van der Waals surface area contributed by atoms with Crippen molar-refractivity contribution in [1.29, 1.82) is 0 Å². The molecule has 17 nitrogen and oxygen atoms in total. The van der Waals surface area contributed by atoms with Crippen molar-refractivity contribution >= 4 is 5.97 Å². The van der Waals surface area contributed by atoms with Crippen LogP contribution in [-0.4, -0.2) is 169 Å². The molecule has 4 heterocycles. The number of aliphatic hydroxyl groups excluding tert-OH is 9. The Morgan fingerprint density at radius 2 is 1.30 bits per heavy atom. The van der Waals surface area contributed by atoms with E-state index in [4.69, 9.17) is 33.2 Å². The van der Waals surface area contributed by atoms with Crippen molar-refractivity contribution in [2.75, 3.05) is 19.8 Å². The van der Waals surface area contributed by atoms with Gasteiger partial charge in [0, 0.05) is 17.9 Å². The number of hydrogen-bond donors (Lipinski definition) is 9. The molecule has 4 aliphatic heterocycles. The Kier molecular flexibility index (Phi) is 11.7. The highest BCUT2D eigenvalue weighted by Crippen LogP contribution is 2.81. The molecule has 0 aromatic heterocycles. The van der Waals surface area contributed by atoms with Gasteiger partial charge in [0.15, 0.2) is 18.9 Å². The number of fused-ring (bicyclic) bond motifs is 4. The van der Waals surface area contributed by atoms with Gasteiger partial charge < -0.3 is 79.1 Å². The van der Waals surface area contributed by atoms with E-state index in [0.717, 1.165) is 38.5 Å². The lowest BCUT2D eigenvalue weighted by atomic mass is 9.30. The average Bonchev–Trinajstić information content (AvgIpc) is 3.43. The van der Waals surface area contributed by atoms with Crippen LogP contribution in [0.5, 0.6) is 0 Å². The summed E-state index contributed by atoms with van der Waals surface area (Å²) in [5.41, 5.74) is -3.49. The Morgan fingerprint density at radius 1 is 0.651 bits per heavy atom. The van der Waals surface area contributed by atoms with E-state index in [1.165, 1.54) is 0 Å². The van der Waals surface area contributed by atoms with Crippen molar-refractivity contribution in [1.82, 2.24) is 0 Å². The third-order valence-corrected chi connectivity index (χ3v) is 19.8. The molecule has 0 aromatic carbocycles. The Hall–Kier alpha value is -1.13. The Bertz CT molecular complexity index is 1740. The molecule has 0 aromatic rings. The molecule has 9 fully saturated rings. The van der Waals surface area contributed by atoms with Gasteiger partial charge in [-0.25, -0.2) is 0 Å². The Labute approximate surface area is 369 Å². The number of carbonyl (C=O) groups excluding carboxylic acids is 1. The zero-order valence-corrected chi connectivity index (χ0v) is 37.9. The van der Waals surface area contributed by atoms with E-state index >= 15 is 0 Å². The molecule has 17 heteroatoms. The SMILES string of the molecule is C[C@@H]1O[C@@H](O[C@H]2CC[C@]3(C)[C@H]4C[C@@H](O)[C@]56OC(=O)[C@@]7(CC[C@](C)(CO)C[C@H]75)CC[C@@]6(C)[C@]4(C)CC[C@H]3C2(C)C)[C@H](O[C@@H]2OC[C@@H](O)[C@H](O[C@@H]3OC[C@@H](O)[C@H](O)[C@H]3O)[C@H]2O)[C@H](O)[C@H]1O. The molecule has 0 amide bonds. The molecule has 24 atom stereocenters. The highest BCUT2D eigenvalue weighted by Gasteiger charge is 2.83. The standard InChI is InChI=1S/C46H74O17/c1-21-29(51)31(53)35(62-37-33(55)34(23(49)19-58-37)61-36-32(54)30(52)22(48)18-57-36)38(59-21)60-28-9-10-42(5)24(40(28,2)3)8-11-43(6)25(42)16-27(50)46-26-17-41(4,20-47)12-14-45(26,39(56)63-46)15-13-44(43,46)7/h21-38,47-55H,8-20H2,1-7H3/t21-,22+,23+,24-,25+,26+,27+,28-,29-,30-,31+,32+,33+,34-,35+,36-,37-,38-,41-,42-,43+,44-,45-,46+/m0/s1. The third-order valence-electron chi connectivity index (χ3n) is 19.8. The van der Waals surface area contributed by atoms with E-state index in [0.29, 0.717) is 25.7 Å². The number of ether oxygens (including phenoxy) is 7. The van der Waals surface area contributed by atoms with Crippen molar-refractivity contribution in [3.05, 3.63) is 0 Å². The number of carbonyl (C=O) groups is 1. The molecule has 9 N–H and O–H groups in total. The monoisotopic (exact) mass is 898 g/mol. The maximum absolute atomic E-state index is 14.1. The van der Waals surface area contributed by atoms with E-state index in [1.54, 1.807) is 6.92 Å². The summed E-state index contributed by atoms with van der Waals surface area (Å²) in [6.45, 7) is 14.4. The summed E-state index contributed by atoms with van der Waals surface area (Å²) in [6.07, 6.45) is -12.7. The number of aliphatic hydroxyl groups is 9. The van der Waals surface area contributed by atoms with E-state index < -0.39 is 114 Å². The fourth-order valence-electron chi connectivity index (χ4n) is 15.8. The molecule has 9 rings (SSSR count). The van der Waals surface area contributed by atoms with Gasteiger partial charge in [0.2, 0.25) is 0 Å². The van der Waals surface area contributed by atoms with Crippen LogP contribution in [-0.2, 0) is 38.0 Å². The van der Waals surface area contributed by atoms with Crippen molar-refractivity contribution in [2.24, 2.45) is 50.2 Å². The number of hydrogen-bond acceptors (Lipinski definition) is 17. The maximum atomic E-state index is 14.1. The first-order valence-electron chi connectivity index (χ1n) is 23.6. The van der Waals surface area contributed by atoms with Crippen LogP contribution in [0.25, 0.3) is 0 Å². The minimum atomic E-state index is -1.71. The van der Waals surface area contributed by atoms with Crippen molar-refractivity contribution in [3.8, 4) is 0 Å². The molecule has 0 radical (unpaired) electrons. The number of rotatable bonds is 7. The smallest absolute Gasteiger partial charge is 0.313 e. The van der Waals surface area contributed by atoms with Crippen LogP contribution >= 0.6 is 0 Å². The molecule has 1 spiro atoms. The largest absolute Gasteiger partial charge is 0.455 e. The first-order chi connectivity index (χ1) is 29.4. The van der Waals surface area contributed by atoms with Crippen molar-refractivity contribution < 1.29 is 83.9 Å². The molecular weight excluding hydrogens is 824 g/mol. The lowest BCUT2D eigenvalue weighted by Gasteiger charge is -2.74. The van der Waals surface area contributed by atoms with E-state index in [9.17, 15) is 50.8 Å². The van der Waals surface area contributed by atoms with Gasteiger partial charge in [-0.1, -0.05) is 41.5 Å². The fraction of sp³-hybridized carbons (Fsp3) is 0.978. The maximum Gasteiger partial charge on any atom is 0.313 e. The van der Waals surface area contributed by atoms with E-state index in [-0.39, 0.29) is 59.8 Å². The topological polar surface area (TPSA) is 264 Å². The molecule has 4 saturated heterocycles. The van der Waals surface area contributed by atoms with Gasteiger partial charge in [0.1, 0.15) is 60.5 Å². The molecule has 63 heavy (non-hydrogen) atoms. The minimum Gasteiger partial charge on any atom is -0.455 e. The first-order valence-corrected chi connectivity index (χ1v) is 23.6. The first kappa shape index (κ1) is 47.0. The highest BCUT2D eigenvalue weighted by molar-refractivity contribution is 5.82. The summed E-state index contributed by atoms with van der Waals surface area (Å²) >= 11 is 0. The van der Waals surface area contributed by atoms with Crippen molar-refractivity contribution in [2.45, 2.75) is 210 Å². The molecule has 5 aliphatic carbocycles. The zero-order chi connectivity index (χ0) is 45.6. The van der Waals surface area contributed by atoms with E-state index in [2.05, 4.69) is 41.5 Å². The molecular formula is C46H74O17. The second kappa shape index (κ2) is 15.7. The molecule has 2 bridgehead atoms. The quantitative estimate of drug-likeness (QED) is 0.125. The summed E-state index contributed by atoms with van der Waals surface area (Å²) in [5.74, 6) is -0.114. The number of esters is 1. The van der Waals surface area contributed by atoms with Crippen LogP contribution in [0.15, 0.2) is 0 Å². The predicted molar refractivity (Wildman–Crippen MR) is 218 cm³/mol. The molecule has 5 saturated carbocycles. The normalized spacial score (nSPS) is 58.8. The van der Waals surface area contributed by atoms with Crippen LogP contribution in [0.3, 0.4) is 0 Å². The highest BCUT2D eigenvalue weighted by atomic mass is 16.8. The summed E-state index contributed by atoms with van der Waals surface area (Å²) < 4.78 is 42.8. The van der Waals surface area contributed by atoms with Gasteiger partial charge in [-0.2, -0.15) is 0 Å². The second-order valence-electron chi connectivity index (χ2n) is 23.1. The molecule has 0 unspecified atom stereocenters. The van der Waals surface area contributed by atoms with Crippen LogP contribution in [0, 0.1) is 50.2 Å². The van der Waals surface area contributed by atoms with Crippen LogP contribution in [0.2, 0.25) is 0 Å². The zero-order valence-electron chi connectivity index (χ0n) is 37.9. The van der Waals surface area contributed by atoms with E-state index in [1.807, 2.05) is 0 Å². The van der Waals surface area contributed by atoms with Crippen LogP contribution < -0.4 is 0 Å². The van der Waals surface area contributed by atoms with Gasteiger partial charge >= 0.3 is 5.97 Å². The third kappa shape index (κ3) is 6.52. The van der Waals surface area contributed by atoms with Crippen LogP contribution in [0.4, 0.5) is 0 Å². The average molecular weight is 899 g/mol. The van der Waals surface area contributed by atoms with Gasteiger partial charge in [-0.05, 0) is 105 Å². The van der Waals surface area contributed by atoms with Gasteiger partial charge in [0.25, 0.3) is 0 Å². The lowest BCUT2D eigenvalue weighted by Crippen LogP contribution is -2.76. The van der Waals surface area contributed by atoms with Crippen LogP contribution in [0.1, 0.15) is 113 Å². The fourth-order valence-corrected chi connectivity index (χ4v) is 15.8. The Morgan fingerprint density at radius 3 is 2.00 bits per heavy atom. The van der Waals surface area contributed by atoms with Gasteiger partial charge in [0.05, 0.1) is 36.9 Å². The molecule has 360 valence electrons. The minimum absolute atomic E-state index is 0.0309. The molecule has 9 aliphatic rings. The van der Waals surface area contributed by atoms with Gasteiger partial charge in [-0.15, -0.1) is 0 Å². The Balaban J connectivity index is 0.942.